The minimum atomic E-state index is -0.258. The van der Waals surface area contributed by atoms with Gasteiger partial charge in [-0.2, -0.15) is 0 Å². The van der Waals surface area contributed by atoms with Gasteiger partial charge in [-0.25, -0.2) is 4.98 Å². The van der Waals surface area contributed by atoms with E-state index in [0.717, 1.165) is 29.8 Å². The summed E-state index contributed by atoms with van der Waals surface area (Å²) in [6.45, 7) is 6.53. The van der Waals surface area contributed by atoms with Crippen molar-refractivity contribution in [3.63, 3.8) is 0 Å². The highest BCUT2D eigenvalue weighted by molar-refractivity contribution is 7.14. The number of anilines is 1. The Kier molecular flexibility index (Phi) is 5.77. The number of benzene rings is 2. The number of ether oxygens (including phenoxy) is 2. The zero-order valence-electron chi connectivity index (χ0n) is 17.6. The van der Waals surface area contributed by atoms with Gasteiger partial charge in [-0.1, -0.05) is 42.5 Å². The molecule has 1 aliphatic rings. The largest absolute Gasteiger partial charge is 0.483 e. The van der Waals surface area contributed by atoms with E-state index >= 15 is 0 Å². The summed E-state index contributed by atoms with van der Waals surface area (Å²) in [5, 5.41) is 2.66. The second kappa shape index (κ2) is 8.48. The van der Waals surface area contributed by atoms with Gasteiger partial charge in [-0.05, 0) is 38.8 Å². The summed E-state index contributed by atoms with van der Waals surface area (Å²) >= 11 is 1.48. The third kappa shape index (κ3) is 4.65. The number of rotatable bonds is 7. The third-order valence-electron chi connectivity index (χ3n) is 5.01. The van der Waals surface area contributed by atoms with E-state index in [4.69, 9.17) is 9.47 Å². The van der Waals surface area contributed by atoms with Crippen molar-refractivity contribution in [3.8, 4) is 11.5 Å². The first-order valence-electron chi connectivity index (χ1n) is 10.1. The van der Waals surface area contributed by atoms with Crippen LogP contribution in [0, 0.1) is 6.92 Å². The summed E-state index contributed by atoms with van der Waals surface area (Å²) < 4.78 is 12.0. The van der Waals surface area contributed by atoms with Crippen molar-refractivity contribution in [1.29, 1.82) is 0 Å². The van der Waals surface area contributed by atoms with Crippen molar-refractivity contribution < 1.29 is 14.3 Å². The minimum Gasteiger partial charge on any atom is -0.483 e. The lowest BCUT2D eigenvalue weighted by Crippen LogP contribution is -2.36. The first kappa shape index (κ1) is 20.4. The molecule has 0 N–H and O–H groups in total. The highest BCUT2D eigenvalue weighted by Gasteiger charge is 2.32. The number of aromatic nitrogens is 1. The van der Waals surface area contributed by atoms with Crippen LogP contribution in [0.5, 0.6) is 11.5 Å². The molecule has 0 fully saturated rings. The zero-order chi connectivity index (χ0) is 21.1. The van der Waals surface area contributed by atoms with Gasteiger partial charge in [-0.3, -0.25) is 9.69 Å². The number of aryl methyl sites for hydroxylation is 1. The molecule has 6 heteroatoms. The van der Waals surface area contributed by atoms with Gasteiger partial charge in [0, 0.05) is 23.9 Å². The van der Waals surface area contributed by atoms with E-state index in [0.29, 0.717) is 17.4 Å². The summed E-state index contributed by atoms with van der Waals surface area (Å²) in [5.41, 5.74) is 2.94. The molecule has 2 heterocycles. The fraction of sp³-hybridized carbons (Fsp3) is 0.333. The normalized spacial score (nSPS) is 14.1. The number of para-hydroxylation sites is 1. The molecule has 0 bridgehead atoms. The van der Waals surface area contributed by atoms with Crippen LogP contribution >= 0.6 is 11.3 Å². The van der Waals surface area contributed by atoms with E-state index in [1.807, 2.05) is 48.7 Å². The Morgan fingerprint density at radius 3 is 2.73 bits per heavy atom. The van der Waals surface area contributed by atoms with Crippen molar-refractivity contribution in [1.82, 2.24) is 4.98 Å². The smallest absolute Gasteiger partial charge is 0.266 e. The molecule has 1 aromatic heterocycles. The molecule has 0 radical (unpaired) electrons. The Morgan fingerprint density at radius 1 is 1.20 bits per heavy atom. The quantitative estimate of drug-likeness (QED) is 0.548. The molecule has 1 amide bonds. The van der Waals surface area contributed by atoms with E-state index in [1.54, 1.807) is 4.90 Å². The van der Waals surface area contributed by atoms with Crippen molar-refractivity contribution in [3.05, 3.63) is 70.7 Å². The highest BCUT2D eigenvalue weighted by Crippen LogP contribution is 2.41. The van der Waals surface area contributed by atoms with Gasteiger partial charge in [0.15, 0.2) is 23.2 Å². The molecule has 156 valence electrons. The molecular weight excluding hydrogens is 396 g/mol. The first-order valence-corrected chi connectivity index (χ1v) is 11.0. The maximum Gasteiger partial charge on any atom is 0.266 e. The fourth-order valence-electron chi connectivity index (χ4n) is 3.60. The van der Waals surface area contributed by atoms with Crippen LogP contribution in [-0.4, -0.2) is 29.6 Å². The third-order valence-corrected chi connectivity index (χ3v) is 5.99. The van der Waals surface area contributed by atoms with E-state index in [9.17, 15) is 4.79 Å². The molecule has 0 saturated heterocycles. The average Bonchev–Trinajstić information content (AvgIpc) is 3.28. The standard InChI is InChI=1S/C24H26N2O3S/c1-17-16-30-23(25-17)26(13-12-18-8-5-4-6-9-18)21(27)15-28-20-11-7-10-19-14-24(2,3)29-22(19)20/h4-11,16H,12-15H2,1-3H3. The Bertz CT molecular complexity index is 1030. The number of nitrogens with zero attached hydrogens (tertiary/aromatic N) is 2. The van der Waals surface area contributed by atoms with Gasteiger partial charge in [0.05, 0.1) is 5.69 Å². The maximum absolute atomic E-state index is 13.1. The highest BCUT2D eigenvalue weighted by atomic mass is 32.1. The Hall–Kier alpha value is -2.86. The van der Waals surface area contributed by atoms with Crippen LogP contribution in [-0.2, 0) is 17.6 Å². The molecule has 30 heavy (non-hydrogen) atoms. The maximum atomic E-state index is 13.1. The van der Waals surface area contributed by atoms with Crippen molar-refractivity contribution >= 4 is 22.4 Å². The molecule has 3 aromatic rings. The lowest BCUT2D eigenvalue weighted by molar-refractivity contribution is -0.120. The number of carbonyl (C=O) groups is 1. The fourth-order valence-corrected chi connectivity index (χ4v) is 4.44. The predicted molar refractivity (Wildman–Crippen MR) is 120 cm³/mol. The second-order valence-electron chi connectivity index (χ2n) is 8.12. The molecule has 1 aliphatic heterocycles. The summed E-state index contributed by atoms with van der Waals surface area (Å²) in [6, 6.07) is 16.0. The Morgan fingerprint density at radius 2 is 2.00 bits per heavy atom. The Labute approximate surface area is 181 Å². The van der Waals surface area contributed by atoms with Gasteiger partial charge >= 0.3 is 0 Å². The molecule has 2 aromatic carbocycles. The SMILES string of the molecule is Cc1csc(N(CCc2ccccc2)C(=O)COc2cccc3c2OC(C)(C)C3)n1. The summed E-state index contributed by atoms with van der Waals surface area (Å²) in [4.78, 5) is 19.3. The van der Waals surface area contributed by atoms with Crippen molar-refractivity contribution in [2.45, 2.75) is 39.2 Å². The first-order chi connectivity index (χ1) is 14.4. The molecule has 4 rings (SSSR count). The Balaban J connectivity index is 1.47. The molecule has 0 saturated carbocycles. The molecular formula is C24H26N2O3S. The van der Waals surface area contributed by atoms with E-state index in [-0.39, 0.29) is 18.1 Å². The number of amides is 1. The summed E-state index contributed by atoms with van der Waals surface area (Å²) in [5.74, 6) is 1.25. The topological polar surface area (TPSA) is 51.7 Å². The molecule has 0 aliphatic carbocycles. The molecule has 5 nitrogen and oxygen atoms in total. The van der Waals surface area contributed by atoms with E-state index in [2.05, 4.69) is 31.0 Å². The minimum absolute atomic E-state index is 0.0618. The van der Waals surface area contributed by atoms with Crippen LogP contribution < -0.4 is 14.4 Å². The average molecular weight is 423 g/mol. The van der Waals surface area contributed by atoms with Gasteiger partial charge < -0.3 is 9.47 Å². The van der Waals surface area contributed by atoms with Crippen LogP contribution in [0.2, 0.25) is 0 Å². The van der Waals surface area contributed by atoms with Crippen molar-refractivity contribution in [2.75, 3.05) is 18.1 Å². The number of thiazole rings is 1. The van der Waals surface area contributed by atoms with Crippen LogP contribution in [0.25, 0.3) is 0 Å². The monoisotopic (exact) mass is 422 g/mol. The van der Waals surface area contributed by atoms with Crippen LogP contribution in [0.15, 0.2) is 53.9 Å². The van der Waals surface area contributed by atoms with Crippen LogP contribution in [0.1, 0.15) is 30.7 Å². The molecule has 0 unspecified atom stereocenters. The van der Waals surface area contributed by atoms with Gasteiger partial charge in [0.2, 0.25) is 0 Å². The second-order valence-corrected chi connectivity index (χ2v) is 8.96. The van der Waals surface area contributed by atoms with E-state index in [1.165, 1.54) is 16.9 Å². The zero-order valence-corrected chi connectivity index (χ0v) is 18.4. The van der Waals surface area contributed by atoms with Crippen LogP contribution in [0.3, 0.4) is 0 Å². The van der Waals surface area contributed by atoms with Crippen molar-refractivity contribution in [2.24, 2.45) is 0 Å². The van der Waals surface area contributed by atoms with E-state index < -0.39 is 0 Å². The number of carbonyl (C=O) groups excluding carboxylic acids is 1. The predicted octanol–water partition coefficient (Wildman–Crippen LogP) is 4.82. The summed E-state index contributed by atoms with van der Waals surface area (Å²) in [6.07, 6.45) is 1.58. The number of hydrogen-bond donors (Lipinski definition) is 0. The van der Waals surface area contributed by atoms with Gasteiger partial charge in [0.1, 0.15) is 5.60 Å². The number of fused-ring (bicyclic) bond motifs is 1. The lowest BCUT2D eigenvalue weighted by Gasteiger charge is -2.21. The van der Waals surface area contributed by atoms with Gasteiger partial charge in [0.25, 0.3) is 5.91 Å². The van der Waals surface area contributed by atoms with Crippen LogP contribution in [0.4, 0.5) is 5.13 Å². The summed E-state index contributed by atoms with van der Waals surface area (Å²) in [7, 11) is 0. The molecule has 0 spiro atoms. The number of hydrogen-bond acceptors (Lipinski definition) is 5. The lowest BCUT2D eigenvalue weighted by atomic mass is 10.0. The van der Waals surface area contributed by atoms with Gasteiger partial charge in [-0.15, -0.1) is 11.3 Å². The molecule has 0 atom stereocenters.